The molecule has 0 bridgehead atoms. The molecular formula is C25H27BrN2O3. The summed E-state index contributed by atoms with van der Waals surface area (Å²) >= 11 is 3.57. The van der Waals surface area contributed by atoms with Gasteiger partial charge in [-0.25, -0.2) is 0 Å². The van der Waals surface area contributed by atoms with Crippen molar-refractivity contribution in [2.75, 3.05) is 23.8 Å². The van der Waals surface area contributed by atoms with E-state index in [4.69, 9.17) is 9.47 Å². The third-order valence-electron chi connectivity index (χ3n) is 4.65. The van der Waals surface area contributed by atoms with Gasteiger partial charge in [0.15, 0.2) is 18.1 Å². The van der Waals surface area contributed by atoms with E-state index in [-0.39, 0.29) is 12.5 Å². The van der Waals surface area contributed by atoms with Gasteiger partial charge in [-0.15, -0.1) is 0 Å². The predicted molar refractivity (Wildman–Crippen MR) is 129 cm³/mol. The molecule has 162 valence electrons. The Morgan fingerprint density at radius 3 is 2.52 bits per heavy atom. The Kier molecular flexibility index (Phi) is 7.95. The van der Waals surface area contributed by atoms with Crippen molar-refractivity contribution in [2.24, 2.45) is 0 Å². The van der Waals surface area contributed by atoms with E-state index in [1.807, 2.05) is 49.4 Å². The van der Waals surface area contributed by atoms with Crippen molar-refractivity contribution in [1.82, 2.24) is 0 Å². The number of ether oxygens (including phenoxy) is 2. The molecule has 0 fully saturated rings. The average molecular weight is 483 g/mol. The van der Waals surface area contributed by atoms with Crippen LogP contribution in [-0.4, -0.2) is 19.1 Å². The molecular weight excluding hydrogens is 456 g/mol. The molecule has 0 heterocycles. The number of benzene rings is 3. The molecule has 0 aliphatic rings. The van der Waals surface area contributed by atoms with Crippen LogP contribution in [0, 0.1) is 13.8 Å². The smallest absolute Gasteiger partial charge is 0.262 e. The molecule has 3 rings (SSSR count). The van der Waals surface area contributed by atoms with Gasteiger partial charge < -0.3 is 20.1 Å². The van der Waals surface area contributed by atoms with E-state index < -0.39 is 0 Å². The lowest BCUT2D eigenvalue weighted by Gasteiger charge is -2.16. The second kappa shape index (κ2) is 10.9. The lowest BCUT2D eigenvalue weighted by molar-refractivity contribution is -0.118. The zero-order valence-electron chi connectivity index (χ0n) is 18.0. The maximum Gasteiger partial charge on any atom is 0.262 e. The average Bonchev–Trinajstić information content (AvgIpc) is 2.74. The van der Waals surface area contributed by atoms with Crippen molar-refractivity contribution in [3.8, 4) is 11.5 Å². The van der Waals surface area contributed by atoms with Gasteiger partial charge in [0.2, 0.25) is 0 Å². The third-order valence-corrected chi connectivity index (χ3v) is 5.24. The van der Waals surface area contributed by atoms with Crippen molar-refractivity contribution in [1.29, 1.82) is 0 Å². The molecule has 5 nitrogen and oxygen atoms in total. The molecule has 0 radical (unpaired) electrons. The minimum Gasteiger partial charge on any atom is -0.490 e. The quantitative estimate of drug-likeness (QED) is 0.387. The first-order valence-electron chi connectivity index (χ1n) is 10.2. The fourth-order valence-electron chi connectivity index (χ4n) is 3.11. The van der Waals surface area contributed by atoms with Crippen LogP contribution in [0.2, 0.25) is 0 Å². The Balaban J connectivity index is 1.69. The second-order valence-corrected chi connectivity index (χ2v) is 8.07. The molecule has 0 unspecified atom stereocenters. The molecule has 0 saturated heterocycles. The summed E-state index contributed by atoms with van der Waals surface area (Å²) in [5.41, 5.74) is 5.28. The fraction of sp³-hybridized carbons (Fsp3) is 0.240. The van der Waals surface area contributed by atoms with Gasteiger partial charge in [0, 0.05) is 17.9 Å². The van der Waals surface area contributed by atoms with Crippen molar-refractivity contribution in [3.63, 3.8) is 0 Å². The fourth-order valence-corrected chi connectivity index (χ4v) is 3.71. The first kappa shape index (κ1) is 22.7. The first-order chi connectivity index (χ1) is 15.0. The third kappa shape index (κ3) is 6.49. The summed E-state index contributed by atoms with van der Waals surface area (Å²) in [7, 11) is 0. The zero-order valence-corrected chi connectivity index (χ0v) is 19.6. The summed E-state index contributed by atoms with van der Waals surface area (Å²) in [5, 5.41) is 6.29. The number of carbonyl (C=O) groups excluding carboxylic acids is 1. The van der Waals surface area contributed by atoms with Crippen LogP contribution in [-0.2, 0) is 11.3 Å². The number of anilines is 2. The van der Waals surface area contributed by atoms with Crippen LogP contribution < -0.4 is 20.1 Å². The van der Waals surface area contributed by atoms with Gasteiger partial charge in [-0.2, -0.15) is 0 Å². The number of rotatable bonds is 9. The monoisotopic (exact) mass is 482 g/mol. The van der Waals surface area contributed by atoms with Crippen LogP contribution in [0.5, 0.6) is 11.5 Å². The number of para-hydroxylation sites is 1. The molecule has 1 amide bonds. The molecule has 3 aromatic rings. The van der Waals surface area contributed by atoms with E-state index in [1.54, 1.807) is 0 Å². The van der Waals surface area contributed by atoms with Crippen LogP contribution in [0.1, 0.15) is 23.6 Å². The van der Waals surface area contributed by atoms with Crippen molar-refractivity contribution in [3.05, 3.63) is 81.8 Å². The van der Waals surface area contributed by atoms with Crippen LogP contribution >= 0.6 is 15.9 Å². The number of amides is 1. The van der Waals surface area contributed by atoms with Crippen LogP contribution in [0.3, 0.4) is 0 Å². The summed E-state index contributed by atoms with van der Waals surface area (Å²) in [5.74, 6) is 0.879. The Morgan fingerprint density at radius 1 is 1.00 bits per heavy atom. The summed E-state index contributed by atoms with van der Waals surface area (Å²) in [4.78, 5) is 12.2. The van der Waals surface area contributed by atoms with Crippen molar-refractivity contribution >= 4 is 33.2 Å². The molecule has 6 heteroatoms. The predicted octanol–water partition coefficient (Wildman–Crippen LogP) is 6.09. The van der Waals surface area contributed by atoms with Gasteiger partial charge in [0.25, 0.3) is 5.91 Å². The highest BCUT2D eigenvalue weighted by Crippen LogP contribution is 2.37. The molecule has 0 saturated carbocycles. The maximum atomic E-state index is 12.2. The van der Waals surface area contributed by atoms with Gasteiger partial charge in [-0.3, -0.25) is 4.79 Å². The van der Waals surface area contributed by atoms with Crippen LogP contribution in [0.4, 0.5) is 11.4 Å². The van der Waals surface area contributed by atoms with E-state index in [1.165, 1.54) is 11.1 Å². The summed E-state index contributed by atoms with van der Waals surface area (Å²) < 4.78 is 12.3. The van der Waals surface area contributed by atoms with Crippen LogP contribution in [0.15, 0.2) is 65.1 Å². The molecule has 0 aliphatic carbocycles. The molecule has 3 aromatic carbocycles. The van der Waals surface area contributed by atoms with Gasteiger partial charge in [0.05, 0.1) is 11.1 Å². The van der Waals surface area contributed by atoms with Gasteiger partial charge in [0.1, 0.15) is 0 Å². The summed E-state index contributed by atoms with van der Waals surface area (Å²) in [6.07, 6.45) is 0. The first-order valence-corrected chi connectivity index (χ1v) is 11.0. The SMILES string of the molecule is CCOc1cc(CNc2cc(C)ccc2C)cc(Br)c1OCC(=O)Nc1ccccc1. The number of carbonyl (C=O) groups is 1. The van der Waals surface area contributed by atoms with Crippen molar-refractivity contribution < 1.29 is 14.3 Å². The van der Waals surface area contributed by atoms with E-state index in [0.29, 0.717) is 24.7 Å². The van der Waals surface area contributed by atoms with Gasteiger partial charge in [-0.05, 0) is 83.7 Å². The Labute approximate surface area is 191 Å². The van der Waals surface area contributed by atoms with E-state index in [9.17, 15) is 4.79 Å². The molecule has 0 aliphatic heterocycles. The summed E-state index contributed by atoms with van der Waals surface area (Å²) in [6, 6.07) is 19.6. The number of hydrogen-bond donors (Lipinski definition) is 2. The standard InChI is InChI=1S/C25H27BrN2O3/c1-4-30-23-14-19(15-27-22-12-17(2)10-11-18(22)3)13-21(26)25(23)31-16-24(29)28-20-8-6-5-7-9-20/h5-14,27H,4,15-16H2,1-3H3,(H,28,29). The molecule has 0 spiro atoms. The molecule has 0 aromatic heterocycles. The largest absolute Gasteiger partial charge is 0.490 e. The van der Waals surface area contributed by atoms with Gasteiger partial charge in [-0.1, -0.05) is 30.3 Å². The highest BCUT2D eigenvalue weighted by atomic mass is 79.9. The highest BCUT2D eigenvalue weighted by molar-refractivity contribution is 9.10. The van der Waals surface area contributed by atoms with E-state index >= 15 is 0 Å². The normalized spacial score (nSPS) is 10.5. The number of hydrogen-bond acceptors (Lipinski definition) is 4. The van der Waals surface area contributed by atoms with Crippen molar-refractivity contribution in [2.45, 2.75) is 27.3 Å². The zero-order chi connectivity index (χ0) is 22.2. The second-order valence-electron chi connectivity index (χ2n) is 7.21. The number of aryl methyl sites for hydroxylation is 2. The molecule has 2 N–H and O–H groups in total. The molecule has 0 atom stereocenters. The lowest BCUT2D eigenvalue weighted by atomic mass is 10.1. The number of halogens is 1. The topological polar surface area (TPSA) is 59.6 Å². The Morgan fingerprint density at radius 2 is 1.77 bits per heavy atom. The lowest BCUT2D eigenvalue weighted by Crippen LogP contribution is -2.20. The maximum absolute atomic E-state index is 12.2. The Bertz CT molecular complexity index is 1040. The number of nitrogens with one attached hydrogen (secondary N) is 2. The Hall–Kier alpha value is -2.99. The van der Waals surface area contributed by atoms with E-state index in [2.05, 4.69) is 58.6 Å². The minimum absolute atomic E-state index is 0.117. The minimum atomic E-state index is -0.235. The van der Waals surface area contributed by atoms with E-state index in [0.717, 1.165) is 21.4 Å². The molecule has 31 heavy (non-hydrogen) atoms. The van der Waals surface area contributed by atoms with Crippen LogP contribution in [0.25, 0.3) is 0 Å². The highest BCUT2D eigenvalue weighted by Gasteiger charge is 2.14. The summed E-state index contributed by atoms with van der Waals surface area (Å²) in [6.45, 7) is 7.09. The van der Waals surface area contributed by atoms with Gasteiger partial charge >= 0.3 is 0 Å².